The maximum atomic E-state index is 12.1. The molecule has 4 aliphatic carbocycles. The van der Waals surface area contributed by atoms with Crippen molar-refractivity contribution < 1.29 is 4.79 Å². The summed E-state index contributed by atoms with van der Waals surface area (Å²) in [6, 6.07) is 4.68. The molecule has 4 bridgehead atoms. The Balaban J connectivity index is 1.27. The molecular formula is C17H24N2OS. The van der Waals surface area contributed by atoms with Crippen molar-refractivity contribution in [3.8, 4) is 0 Å². The third kappa shape index (κ3) is 2.83. The summed E-state index contributed by atoms with van der Waals surface area (Å²) in [6.07, 6.45) is 7.82. The number of hydrogen-bond acceptors (Lipinski definition) is 2. The maximum absolute atomic E-state index is 12.1. The number of thiophene rings is 1. The van der Waals surface area contributed by atoms with Crippen LogP contribution in [0.4, 0.5) is 4.79 Å². The topological polar surface area (TPSA) is 41.1 Å². The zero-order valence-electron chi connectivity index (χ0n) is 12.4. The van der Waals surface area contributed by atoms with E-state index in [0.717, 1.165) is 36.6 Å². The molecule has 0 aromatic carbocycles. The molecule has 4 aliphatic rings. The van der Waals surface area contributed by atoms with Crippen LogP contribution >= 0.6 is 11.3 Å². The molecule has 1 heterocycles. The van der Waals surface area contributed by atoms with E-state index in [1.165, 1.54) is 37.0 Å². The molecule has 0 atom stereocenters. The zero-order valence-corrected chi connectivity index (χ0v) is 13.2. The lowest BCUT2D eigenvalue weighted by Crippen LogP contribution is -2.57. The van der Waals surface area contributed by atoms with E-state index in [9.17, 15) is 4.79 Å². The summed E-state index contributed by atoms with van der Waals surface area (Å²) in [5.74, 6) is 3.44. The molecule has 1 aromatic rings. The number of carbonyl (C=O) groups is 1. The number of urea groups is 1. The quantitative estimate of drug-likeness (QED) is 0.879. The third-order valence-corrected chi connectivity index (χ3v) is 6.70. The first-order chi connectivity index (χ1) is 10.3. The molecule has 2 N–H and O–H groups in total. The Morgan fingerprint density at radius 3 is 2.48 bits per heavy atom. The molecule has 21 heavy (non-hydrogen) atoms. The molecule has 0 radical (unpaired) electrons. The normalized spacial score (nSPS) is 36.7. The third-order valence-electron chi connectivity index (χ3n) is 5.76. The van der Waals surface area contributed by atoms with Gasteiger partial charge in [-0.1, -0.05) is 6.07 Å². The molecule has 0 aliphatic heterocycles. The maximum Gasteiger partial charge on any atom is 0.315 e. The fourth-order valence-electron chi connectivity index (χ4n) is 5.12. The summed E-state index contributed by atoms with van der Waals surface area (Å²) in [5, 5.41) is 8.42. The van der Waals surface area contributed by atoms with Gasteiger partial charge in [0, 0.05) is 17.5 Å². The SMILES string of the molecule is O=C(NCCc1cccs1)NC1C2CC3CC(C2)CC1C3. The highest BCUT2D eigenvalue weighted by Crippen LogP contribution is 2.53. The van der Waals surface area contributed by atoms with Gasteiger partial charge in [0.15, 0.2) is 0 Å². The largest absolute Gasteiger partial charge is 0.338 e. The molecule has 0 saturated heterocycles. The number of rotatable bonds is 4. The van der Waals surface area contributed by atoms with Crippen LogP contribution in [0.15, 0.2) is 17.5 Å². The Morgan fingerprint density at radius 2 is 1.86 bits per heavy atom. The van der Waals surface area contributed by atoms with Crippen molar-refractivity contribution in [3.63, 3.8) is 0 Å². The average molecular weight is 304 g/mol. The monoisotopic (exact) mass is 304 g/mol. The lowest BCUT2D eigenvalue weighted by molar-refractivity contribution is -0.00940. The lowest BCUT2D eigenvalue weighted by atomic mass is 9.54. The fraction of sp³-hybridized carbons (Fsp3) is 0.706. The summed E-state index contributed by atoms with van der Waals surface area (Å²) < 4.78 is 0. The minimum atomic E-state index is 0.0454. The van der Waals surface area contributed by atoms with Gasteiger partial charge in [0.05, 0.1) is 0 Å². The fourth-order valence-corrected chi connectivity index (χ4v) is 5.83. The minimum Gasteiger partial charge on any atom is -0.338 e. The van der Waals surface area contributed by atoms with Crippen LogP contribution in [0.5, 0.6) is 0 Å². The number of nitrogens with one attached hydrogen (secondary N) is 2. The molecular weight excluding hydrogens is 280 g/mol. The average Bonchev–Trinajstić information content (AvgIpc) is 2.95. The molecule has 1 aromatic heterocycles. The second kappa shape index (κ2) is 5.64. The Kier molecular flexibility index (Phi) is 3.66. The van der Waals surface area contributed by atoms with Crippen molar-refractivity contribution in [2.24, 2.45) is 23.7 Å². The molecule has 4 saturated carbocycles. The number of amides is 2. The Labute approximate surface area is 130 Å². The van der Waals surface area contributed by atoms with Gasteiger partial charge in [0.2, 0.25) is 0 Å². The van der Waals surface area contributed by atoms with Gasteiger partial charge in [-0.05, 0) is 73.6 Å². The summed E-state index contributed by atoms with van der Waals surface area (Å²) in [5.41, 5.74) is 0. The van der Waals surface area contributed by atoms with Gasteiger partial charge in [0.25, 0.3) is 0 Å². The summed E-state index contributed by atoms with van der Waals surface area (Å²) in [6.45, 7) is 0.736. The van der Waals surface area contributed by atoms with Gasteiger partial charge in [-0.25, -0.2) is 4.79 Å². The van der Waals surface area contributed by atoms with Gasteiger partial charge >= 0.3 is 6.03 Å². The molecule has 114 valence electrons. The van der Waals surface area contributed by atoms with Gasteiger partial charge in [-0.2, -0.15) is 0 Å². The van der Waals surface area contributed by atoms with Crippen LogP contribution in [0.25, 0.3) is 0 Å². The highest BCUT2D eigenvalue weighted by atomic mass is 32.1. The van der Waals surface area contributed by atoms with Crippen molar-refractivity contribution >= 4 is 17.4 Å². The second-order valence-electron chi connectivity index (χ2n) is 7.19. The number of hydrogen-bond donors (Lipinski definition) is 2. The molecule has 0 unspecified atom stereocenters. The Morgan fingerprint density at radius 1 is 1.14 bits per heavy atom. The summed E-state index contributed by atoms with van der Waals surface area (Å²) in [7, 11) is 0. The summed E-state index contributed by atoms with van der Waals surface area (Å²) >= 11 is 1.76. The standard InChI is InChI=1S/C17H24N2OS/c20-17(18-4-3-15-2-1-5-21-15)19-16-13-7-11-6-12(9-13)10-14(16)8-11/h1-2,5,11-14,16H,3-4,6-10H2,(H2,18,19,20). The van der Waals surface area contributed by atoms with E-state index in [-0.39, 0.29) is 6.03 Å². The zero-order chi connectivity index (χ0) is 14.2. The van der Waals surface area contributed by atoms with Crippen molar-refractivity contribution in [2.45, 2.75) is 44.6 Å². The van der Waals surface area contributed by atoms with Crippen LogP contribution in [-0.2, 0) is 6.42 Å². The van der Waals surface area contributed by atoms with E-state index in [0.29, 0.717) is 6.04 Å². The molecule has 4 fully saturated rings. The first-order valence-corrected chi connectivity index (χ1v) is 9.22. The van der Waals surface area contributed by atoms with Crippen LogP contribution < -0.4 is 10.6 Å². The molecule has 3 nitrogen and oxygen atoms in total. The van der Waals surface area contributed by atoms with Gasteiger partial charge in [0.1, 0.15) is 0 Å². The predicted molar refractivity (Wildman–Crippen MR) is 85.4 cm³/mol. The van der Waals surface area contributed by atoms with E-state index in [1.807, 2.05) is 0 Å². The van der Waals surface area contributed by atoms with E-state index < -0.39 is 0 Å². The molecule has 2 amide bonds. The van der Waals surface area contributed by atoms with Crippen LogP contribution in [0.2, 0.25) is 0 Å². The Bertz CT molecular complexity index is 471. The van der Waals surface area contributed by atoms with Gasteiger partial charge in [-0.15, -0.1) is 11.3 Å². The lowest BCUT2D eigenvalue weighted by Gasteiger charge is -2.54. The van der Waals surface area contributed by atoms with Crippen molar-refractivity contribution in [1.82, 2.24) is 10.6 Å². The van der Waals surface area contributed by atoms with Crippen LogP contribution in [0.3, 0.4) is 0 Å². The van der Waals surface area contributed by atoms with Crippen molar-refractivity contribution in [2.75, 3.05) is 6.54 Å². The molecule has 0 spiro atoms. The predicted octanol–water partition coefficient (Wildman–Crippen LogP) is 3.41. The van der Waals surface area contributed by atoms with E-state index >= 15 is 0 Å². The van der Waals surface area contributed by atoms with Crippen LogP contribution in [-0.4, -0.2) is 18.6 Å². The molecule has 4 heteroatoms. The van der Waals surface area contributed by atoms with Crippen molar-refractivity contribution in [1.29, 1.82) is 0 Å². The van der Waals surface area contributed by atoms with Crippen LogP contribution in [0, 0.1) is 23.7 Å². The Hall–Kier alpha value is -1.03. The first-order valence-electron chi connectivity index (χ1n) is 8.34. The minimum absolute atomic E-state index is 0.0454. The second-order valence-corrected chi connectivity index (χ2v) is 8.22. The van der Waals surface area contributed by atoms with Gasteiger partial charge < -0.3 is 10.6 Å². The highest BCUT2D eigenvalue weighted by Gasteiger charge is 2.48. The van der Waals surface area contributed by atoms with E-state index in [1.54, 1.807) is 11.3 Å². The van der Waals surface area contributed by atoms with Gasteiger partial charge in [-0.3, -0.25) is 0 Å². The highest BCUT2D eigenvalue weighted by molar-refractivity contribution is 7.09. The number of carbonyl (C=O) groups excluding carboxylic acids is 1. The van der Waals surface area contributed by atoms with Crippen LogP contribution in [0.1, 0.15) is 37.0 Å². The first kappa shape index (κ1) is 13.6. The van der Waals surface area contributed by atoms with Crippen molar-refractivity contribution in [3.05, 3.63) is 22.4 Å². The molecule has 5 rings (SSSR count). The summed E-state index contributed by atoms with van der Waals surface area (Å²) in [4.78, 5) is 13.5. The van der Waals surface area contributed by atoms with E-state index in [2.05, 4.69) is 28.1 Å². The van der Waals surface area contributed by atoms with E-state index in [4.69, 9.17) is 0 Å². The smallest absolute Gasteiger partial charge is 0.315 e.